The van der Waals surface area contributed by atoms with Crippen molar-refractivity contribution < 1.29 is 24.2 Å². The first-order valence-corrected chi connectivity index (χ1v) is 7.35. The van der Waals surface area contributed by atoms with E-state index in [1.165, 1.54) is 4.90 Å². The molecule has 0 unspecified atom stereocenters. The summed E-state index contributed by atoms with van der Waals surface area (Å²) >= 11 is 0. The van der Waals surface area contributed by atoms with Gasteiger partial charge in [0.25, 0.3) is 0 Å². The molecular weight excluding hydrogens is 286 g/mol. The minimum atomic E-state index is -1.01. The number of methoxy groups -OCH3 is 1. The number of aryl methyl sites for hydroxylation is 1. The molecular formula is C16H21NO5. The Kier molecular flexibility index (Phi) is 5.77. The van der Waals surface area contributed by atoms with Crippen LogP contribution in [0.25, 0.3) is 0 Å². The molecule has 2 rings (SSSR count). The topological polar surface area (TPSA) is 76.1 Å². The Labute approximate surface area is 129 Å². The average molecular weight is 307 g/mol. The summed E-state index contributed by atoms with van der Waals surface area (Å²) in [6.07, 6.45) is 1.81. The van der Waals surface area contributed by atoms with Crippen LogP contribution in [0, 0.1) is 0 Å². The van der Waals surface area contributed by atoms with E-state index in [0.717, 1.165) is 17.7 Å². The quantitative estimate of drug-likeness (QED) is 0.858. The van der Waals surface area contributed by atoms with Gasteiger partial charge in [-0.3, -0.25) is 4.79 Å². The fraction of sp³-hybridized carbons (Fsp3) is 0.500. The standard InChI is InChI=1S/C16H21NO5/c1-21-13-7-5-12(6-8-13)3-2-4-15(18)17-9-10-22-11-14(17)16(19)20/h5-8,14H,2-4,9-11H2,1H3,(H,19,20)/t14-/m0/s1. The Morgan fingerprint density at radius 3 is 2.73 bits per heavy atom. The molecule has 0 aromatic heterocycles. The molecule has 1 N–H and O–H groups in total. The zero-order valence-electron chi connectivity index (χ0n) is 12.7. The molecule has 1 heterocycles. The van der Waals surface area contributed by atoms with E-state index in [4.69, 9.17) is 14.6 Å². The maximum Gasteiger partial charge on any atom is 0.328 e. The number of rotatable bonds is 6. The van der Waals surface area contributed by atoms with Gasteiger partial charge in [-0.05, 0) is 30.5 Å². The van der Waals surface area contributed by atoms with Crippen molar-refractivity contribution >= 4 is 11.9 Å². The van der Waals surface area contributed by atoms with E-state index in [1.54, 1.807) is 7.11 Å². The monoisotopic (exact) mass is 307 g/mol. The number of carboxylic acid groups (broad SMARTS) is 1. The molecule has 0 bridgehead atoms. The van der Waals surface area contributed by atoms with Crippen molar-refractivity contribution in [3.8, 4) is 5.75 Å². The predicted octanol–water partition coefficient (Wildman–Crippen LogP) is 1.33. The number of aliphatic carboxylic acids is 1. The van der Waals surface area contributed by atoms with Gasteiger partial charge in [0.2, 0.25) is 5.91 Å². The molecule has 120 valence electrons. The Balaban J connectivity index is 1.82. The first-order chi connectivity index (χ1) is 10.6. The first kappa shape index (κ1) is 16.3. The molecule has 0 spiro atoms. The number of benzene rings is 1. The van der Waals surface area contributed by atoms with Crippen molar-refractivity contribution in [2.45, 2.75) is 25.3 Å². The predicted molar refractivity (Wildman–Crippen MR) is 79.9 cm³/mol. The Bertz CT molecular complexity index is 514. The molecule has 6 heteroatoms. The van der Waals surface area contributed by atoms with E-state index in [-0.39, 0.29) is 12.5 Å². The van der Waals surface area contributed by atoms with Crippen molar-refractivity contribution in [1.82, 2.24) is 4.90 Å². The van der Waals surface area contributed by atoms with Crippen LogP contribution in [0.3, 0.4) is 0 Å². The van der Waals surface area contributed by atoms with Gasteiger partial charge < -0.3 is 19.5 Å². The van der Waals surface area contributed by atoms with Crippen LogP contribution in [-0.2, 0) is 20.7 Å². The van der Waals surface area contributed by atoms with E-state index in [0.29, 0.717) is 26.0 Å². The van der Waals surface area contributed by atoms with E-state index in [9.17, 15) is 9.59 Å². The van der Waals surface area contributed by atoms with Crippen LogP contribution >= 0.6 is 0 Å². The minimum Gasteiger partial charge on any atom is -0.497 e. The highest BCUT2D eigenvalue weighted by Crippen LogP contribution is 2.15. The van der Waals surface area contributed by atoms with Crippen molar-refractivity contribution in [2.24, 2.45) is 0 Å². The fourth-order valence-corrected chi connectivity index (χ4v) is 2.49. The van der Waals surface area contributed by atoms with Crippen molar-refractivity contribution in [2.75, 3.05) is 26.9 Å². The zero-order valence-corrected chi connectivity index (χ0v) is 12.7. The second kappa shape index (κ2) is 7.79. The van der Waals surface area contributed by atoms with E-state index in [1.807, 2.05) is 24.3 Å². The van der Waals surface area contributed by atoms with Crippen molar-refractivity contribution in [3.05, 3.63) is 29.8 Å². The SMILES string of the molecule is COc1ccc(CCCC(=O)N2CCOC[C@H]2C(=O)O)cc1. The Morgan fingerprint density at radius 1 is 1.36 bits per heavy atom. The summed E-state index contributed by atoms with van der Waals surface area (Å²) in [5.74, 6) is -0.329. The highest BCUT2D eigenvalue weighted by molar-refractivity contribution is 5.84. The van der Waals surface area contributed by atoms with Gasteiger partial charge in [-0.25, -0.2) is 4.79 Å². The molecule has 1 aliphatic rings. The van der Waals surface area contributed by atoms with Gasteiger partial charge in [0.05, 0.1) is 20.3 Å². The van der Waals surface area contributed by atoms with Gasteiger partial charge in [0.1, 0.15) is 5.75 Å². The molecule has 22 heavy (non-hydrogen) atoms. The normalized spacial score (nSPS) is 18.0. The third-order valence-electron chi connectivity index (χ3n) is 3.75. The molecule has 0 saturated carbocycles. The number of morpholine rings is 1. The highest BCUT2D eigenvalue weighted by atomic mass is 16.5. The molecule has 1 aliphatic heterocycles. The molecule has 0 radical (unpaired) electrons. The van der Waals surface area contributed by atoms with Crippen LogP contribution in [0.15, 0.2) is 24.3 Å². The van der Waals surface area contributed by atoms with Gasteiger partial charge in [0.15, 0.2) is 6.04 Å². The Hall–Kier alpha value is -2.08. The number of hydrogen-bond acceptors (Lipinski definition) is 4. The lowest BCUT2D eigenvalue weighted by Gasteiger charge is -2.32. The van der Waals surface area contributed by atoms with Gasteiger partial charge in [-0.2, -0.15) is 0 Å². The van der Waals surface area contributed by atoms with Crippen LogP contribution in [-0.4, -0.2) is 54.8 Å². The van der Waals surface area contributed by atoms with Gasteiger partial charge in [-0.15, -0.1) is 0 Å². The highest BCUT2D eigenvalue weighted by Gasteiger charge is 2.32. The maximum absolute atomic E-state index is 12.2. The maximum atomic E-state index is 12.2. The van der Waals surface area contributed by atoms with E-state index >= 15 is 0 Å². The lowest BCUT2D eigenvalue weighted by molar-refractivity contribution is -0.158. The van der Waals surface area contributed by atoms with E-state index < -0.39 is 12.0 Å². The van der Waals surface area contributed by atoms with Crippen LogP contribution in [0.5, 0.6) is 5.75 Å². The van der Waals surface area contributed by atoms with Crippen molar-refractivity contribution in [1.29, 1.82) is 0 Å². The number of carbonyl (C=O) groups excluding carboxylic acids is 1. The Morgan fingerprint density at radius 2 is 2.09 bits per heavy atom. The van der Waals surface area contributed by atoms with E-state index in [2.05, 4.69) is 0 Å². The molecule has 0 aliphatic carbocycles. The molecule has 1 amide bonds. The summed E-state index contributed by atoms with van der Waals surface area (Å²) in [6.45, 7) is 0.811. The lowest BCUT2D eigenvalue weighted by atomic mass is 10.1. The fourth-order valence-electron chi connectivity index (χ4n) is 2.49. The van der Waals surface area contributed by atoms with Gasteiger partial charge in [-0.1, -0.05) is 12.1 Å². The molecule has 1 saturated heterocycles. The first-order valence-electron chi connectivity index (χ1n) is 7.35. The molecule has 1 fully saturated rings. The summed E-state index contributed by atoms with van der Waals surface area (Å²) in [5.41, 5.74) is 1.13. The summed E-state index contributed by atoms with van der Waals surface area (Å²) in [4.78, 5) is 24.7. The lowest BCUT2D eigenvalue weighted by Crippen LogP contribution is -2.52. The number of ether oxygens (including phenoxy) is 2. The van der Waals surface area contributed by atoms with Gasteiger partial charge in [0, 0.05) is 13.0 Å². The number of carboxylic acids is 1. The summed E-state index contributed by atoms with van der Waals surface area (Å²) < 4.78 is 10.2. The summed E-state index contributed by atoms with van der Waals surface area (Å²) in [5, 5.41) is 9.12. The minimum absolute atomic E-state index is 0.0690. The summed E-state index contributed by atoms with van der Waals surface area (Å²) in [7, 11) is 1.62. The number of amides is 1. The smallest absolute Gasteiger partial charge is 0.328 e. The van der Waals surface area contributed by atoms with Crippen LogP contribution in [0.1, 0.15) is 18.4 Å². The second-order valence-corrected chi connectivity index (χ2v) is 5.22. The van der Waals surface area contributed by atoms with Crippen LogP contribution in [0.2, 0.25) is 0 Å². The molecule has 1 aromatic carbocycles. The number of carbonyl (C=O) groups is 2. The summed E-state index contributed by atoms with van der Waals surface area (Å²) in [6, 6.07) is 6.86. The second-order valence-electron chi connectivity index (χ2n) is 5.22. The number of hydrogen-bond donors (Lipinski definition) is 1. The zero-order chi connectivity index (χ0) is 15.9. The molecule has 1 aromatic rings. The largest absolute Gasteiger partial charge is 0.497 e. The van der Waals surface area contributed by atoms with Crippen LogP contribution in [0.4, 0.5) is 0 Å². The third kappa shape index (κ3) is 4.21. The van der Waals surface area contributed by atoms with Crippen molar-refractivity contribution in [3.63, 3.8) is 0 Å². The molecule has 6 nitrogen and oxygen atoms in total. The van der Waals surface area contributed by atoms with Crippen LogP contribution < -0.4 is 4.74 Å². The van der Waals surface area contributed by atoms with Gasteiger partial charge >= 0.3 is 5.97 Å². The average Bonchev–Trinajstić information content (AvgIpc) is 2.55. The molecule has 1 atom stereocenters. The number of nitrogens with zero attached hydrogens (tertiary/aromatic N) is 1. The third-order valence-corrected chi connectivity index (χ3v) is 3.75.